The maximum Gasteiger partial charge on any atom is 0.276 e. The third kappa shape index (κ3) is 4.75. The predicted molar refractivity (Wildman–Crippen MR) is 104 cm³/mol. The Hall–Kier alpha value is -2.90. The van der Waals surface area contributed by atoms with Crippen LogP contribution in [0.5, 0.6) is 5.75 Å². The van der Waals surface area contributed by atoms with Crippen molar-refractivity contribution in [2.24, 2.45) is 11.8 Å². The second-order valence-electron chi connectivity index (χ2n) is 7.68. The van der Waals surface area contributed by atoms with Crippen LogP contribution in [0.2, 0.25) is 0 Å². The van der Waals surface area contributed by atoms with E-state index in [4.69, 9.17) is 4.74 Å². The Morgan fingerprint density at radius 1 is 1.00 bits per heavy atom. The van der Waals surface area contributed by atoms with Crippen molar-refractivity contribution in [3.05, 3.63) is 29.3 Å². The molecule has 2 aliphatic rings. The molecular weight excluding hydrogens is 374 g/mol. The number of aryl methyl sites for hydroxylation is 2. The summed E-state index contributed by atoms with van der Waals surface area (Å²) in [6.45, 7) is 3.57. The number of hydrazine groups is 1. The number of para-hydroxylation sites is 1. The Bertz CT molecular complexity index is 778. The van der Waals surface area contributed by atoms with E-state index in [-0.39, 0.29) is 43.2 Å². The molecule has 3 rings (SSSR count). The first-order valence-electron chi connectivity index (χ1n) is 10.0. The van der Waals surface area contributed by atoms with Crippen molar-refractivity contribution in [2.75, 3.05) is 13.2 Å². The summed E-state index contributed by atoms with van der Waals surface area (Å²) < 4.78 is 5.52. The Balaban J connectivity index is 1.40. The van der Waals surface area contributed by atoms with Crippen LogP contribution in [0, 0.1) is 25.7 Å². The van der Waals surface area contributed by atoms with Crippen molar-refractivity contribution in [2.45, 2.75) is 46.0 Å². The summed E-state index contributed by atoms with van der Waals surface area (Å²) in [5.41, 5.74) is 6.42. The standard InChI is InChI=1S/C21H27N3O5/c1-13-6-5-7-14(2)19(13)29-12-18(26)23-22-17(25)10-11-24-20(27)15-8-3-4-9-16(15)21(24)28/h5-7,15-16H,3-4,8-12H2,1-2H3,(H,22,25)(H,23,26)/t15-,16+. The lowest BCUT2D eigenvalue weighted by molar-refractivity contribution is -0.140. The molecule has 0 spiro atoms. The van der Waals surface area contributed by atoms with Crippen molar-refractivity contribution in [3.8, 4) is 5.75 Å². The van der Waals surface area contributed by atoms with Gasteiger partial charge in [-0.2, -0.15) is 0 Å². The number of carbonyl (C=O) groups excluding carboxylic acids is 4. The van der Waals surface area contributed by atoms with Gasteiger partial charge in [-0.05, 0) is 37.8 Å². The SMILES string of the molecule is Cc1cccc(C)c1OCC(=O)NNC(=O)CCN1C(=O)[C@H]2CCCC[C@H]2C1=O. The highest BCUT2D eigenvalue weighted by Gasteiger charge is 2.47. The monoisotopic (exact) mass is 401 g/mol. The summed E-state index contributed by atoms with van der Waals surface area (Å²) in [6, 6.07) is 5.68. The van der Waals surface area contributed by atoms with Crippen LogP contribution < -0.4 is 15.6 Å². The highest BCUT2D eigenvalue weighted by atomic mass is 16.5. The van der Waals surface area contributed by atoms with E-state index in [0.29, 0.717) is 5.75 Å². The van der Waals surface area contributed by atoms with Crippen molar-refractivity contribution in [1.82, 2.24) is 15.8 Å². The first-order chi connectivity index (χ1) is 13.9. The third-order valence-electron chi connectivity index (χ3n) is 5.59. The Morgan fingerprint density at radius 3 is 2.14 bits per heavy atom. The molecule has 1 aliphatic heterocycles. The van der Waals surface area contributed by atoms with Gasteiger partial charge in [-0.25, -0.2) is 0 Å². The predicted octanol–water partition coefficient (Wildman–Crippen LogP) is 1.39. The summed E-state index contributed by atoms with van der Waals surface area (Å²) >= 11 is 0. The molecule has 0 bridgehead atoms. The smallest absolute Gasteiger partial charge is 0.276 e. The lowest BCUT2D eigenvalue weighted by Gasteiger charge is -2.19. The number of nitrogens with one attached hydrogen (secondary N) is 2. The molecule has 29 heavy (non-hydrogen) atoms. The number of amides is 4. The van der Waals surface area contributed by atoms with Gasteiger partial charge in [0, 0.05) is 13.0 Å². The van der Waals surface area contributed by atoms with Gasteiger partial charge in [0.1, 0.15) is 5.75 Å². The minimum atomic E-state index is -0.500. The summed E-state index contributed by atoms with van der Waals surface area (Å²) in [5.74, 6) is -1.11. The number of hydrogen-bond acceptors (Lipinski definition) is 5. The first kappa shape index (κ1) is 20.8. The van der Waals surface area contributed by atoms with Crippen LogP contribution >= 0.6 is 0 Å². The van der Waals surface area contributed by atoms with E-state index in [9.17, 15) is 19.2 Å². The highest BCUT2D eigenvalue weighted by Crippen LogP contribution is 2.37. The van der Waals surface area contributed by atoms with Crippen LogP contribution in [-0.4, -0.2) is 41.7 Å². The van der Waals surface area contributed by atoms with Gasteiger partial charge in [0.15, 0.2) is 6.61 Å². The summed E-state index contributed by atoms with van der Waals surface area (Å²) in [4.78, 5) is 49.9. The topological polar surface area (TPSA) is 105 Å². The molecule has 1 aliphatic carbocycles. The van der Waals surface area contributed by atoms with Crippen molar-refractivity contribution in [1.29, 1.82) is 0 Å². The molecule has 156 valence electrons. The number of hydrogen-bond donors (Lipinski definition) is 2. The minimum Gasteiger partial charge on any atom is -0.483 e. The fourth-order valence-electron chi connectivity index (χ4n) is 4.07. The maximum absolute atomic E-state index is 12.4. The van der Waals surface area contributed by atoms with Crippen LogP contribution in [0.1, 0.15) is 43.2 Å². The molecule has 8 nitrogen and oxygen atoms in total. The lowest BCUT2D eigenvalue weighted by atomic mass is 9.81. The number of ether oxygens (including phenoxy) is 1. The molecule has 4 amide bonds. The number of rotatable bonds is 6. The van der Waals surface area contributed by atoms with Gasteiger partial charge in [-0.15, -0.1) is 0 Å². The van der Waals surface area contributed by atoms with E-state index >= 15 is 0 Å². The van der Waals surface area contributed by atoms with Gasteiger partial charge in [0.25, 0.3) is 5.91 Å². The Labute approximate surface area is 169 Å². The normalized spacial score (nSPS) is 21.0. The van der Waals surface area contributed by atoms with Crippen molar-refractivity contribution >= 4 is 23.6 Å². The highest BCUT2D eigenvalue weighted by molar-refractivity contribution is 6.05. The Kier molecular flexibility index (Phi) is 6.51. The zero-order valence-corrected chi connectivity index (χ0v) is 16.8. The maximum atomic E-state index is 12.4. The third-order valence-corrected chi connectivity index (χ3v) is 5.59. The minimum absolute atomic E-state index is 0.0330. The zero-order chi connectivity index (χ0) is 21.0. The van der Waals surface area contributed by atoms with Gasteiger partial charge in [0.05, 0.1) is 11.8 Å². The number of benzene rings is 1. The van der Waals surface area contributed by atoms with Crippen LogP contribution in [0.3, 0.4) is 0 Å². The van der Waals surface area contributed by atoms with Crippen LogP contribution in [0.15, 0.2) is 18.2 Å². The number of imide groups is 1. The van der Waals surface area contributed by atoms with Crippen molar-refractivity contribution in [3.63, 3.8) is 0 Å². The zero-order valence-electron chi connectivity index (χ0n) is 16.8. The Morgan fingerprint density at radius 2 is 1.55 bits per heavy atom. The van der Waals surface area contributed by atoms with Crippen molar-refractivity contribution < 1.29 is 23.9 Å². The van der Waals surface area contributed by atoms with Gasteiger partial charge in [0.2, 0.25) is 17.7 Å². The molecule has 1 heterocycles. The van der Waals surface area contributed by atoms with E-state index in [1.54, 1.807) is 0 Å². The van der Waals surface area contributed by atoms with E-state index in [1.807, 2.05) is 32.0 Å². The quantitative estimate of drug-likeness (QED) is 0.554. The molecule has 2 fully saturated rings. The molecule has 1 saturated heterocycles. The van der Waals surface area contributed by atoms with E-state index in [2.05, 4.69) is 10.9 Å². The molecule has 8 heteroatoms. The fourth-order valence-corrected chi connectivity index (χ4v) is 4.07. The molecular formula is C21H27N3O5. The number of nitrogens with zero attached hydrogens (tertiary/aromatic N) is 1. The molecule has 0 unspecified atom stereocenters. The average Bonchev–Trinajstić information content (AvgIpc) is 2.95. The van der Waals surface area contributed by atoms with Gasteiger partial charge >= 0.3 is 0 Å². The van der Waals surface area contributed by atoms with Crippen LogP contribution in [0.25, 0.3) is 0 Å². The molecule has 0 aromatic heterocycles. The lowest BCUT2D eigenvalue weighted by Crippen LogP contribution is -2.45. The summed E-state index contributed by atoms with van der Waals surface area (Å²) in [5, 5.41) is 0. The molecule has 1 saturated carbocycles. The second-order valence-corrected chi connectivity index (χ2v) is 7.68. The number of fused-ring (bicyclic) bond motifs is 1. The largest absolute Gasteiger partial charge is 0.483 e. The summed E-state index contributed by atoms with van der Waals surface area (Å²) in [6.07, 6.45) is 3.35. The van der Waals surface area contributed by atoms with Crippen LogP contribution in [-0.2, 0) is 19.2 Å². The second kappa shape index (κ2) is 9.07. The fraction of sp³-hybridized carbons (Fsp3) is 0.524. The summed E-state index contributed by atoms with van der Waals surface area (Å²) in [7, 11) is 0. The molecule has 2 N–H and O–H groups in total. The first-order valence-corrected chi connectivity index (χ1v) is 10.0. The number of likely N-dealkylation sites (tertiary alicyclic amines) is 1. The van der Waals surface area contributed by atoms with E-state index in [0.717, 1.165) is 36.8 Å². The number of carbonyl (C=O) groups is 4. The van der Waals surface area contributed by atoms with E-state index < -0.39 is 11.8 Å². The van der Waals surface area contributed by atoms with Crippen LogP contribution in [0.4, 0.5) is 0 Å². The molecule has 0 radical (unpaired) electrons. The molecule has 2 atom stereocenters. The van der Waals surface area contributed by atoms with Gasteiger partial charge in [-0.3, -0.25) is 34.9 Å². The average molecular weight is 401 g/mol. The van der Waals surface area contributed by atoms with Gasteiger partial charge < -0.3 is 4.74 Å². The van der Waals surface area contributed by atoms with Gasteiger partial charge in [-0.1, -0.05) is 31.0 Å². The van der Waals surface area contributed by atoms with E-state index in [1.165, 1.54) is 4.90 Å². The molecule has 1 aromatic carbocycles. The molecule has 1 aromatic rings.